The SMILES string of the molecule is CC(=O)O[C@H]1C(COCc2ccccc2)C[C@H](O[C@H]2C(COCc3ccccc3)O[C@@H](O[C@H]3C(C)C(OCc4ccccc4)[C@H](OCCN=[N+]=[N-])O[C@H]3COCc3ccccc3)C(OCc3ccccc3)[C@H]2C)C(OCc2ccccc2)[C@H]1C. The third-order valence-electron chi connectivity index (χ3n) is 15.9. The van der Waals surface area contributed by atoms with E-state index in [4.69, 9.17) is 62.4 Å². The van der Waals surface area contributed by atoms with Gasteiger partial charge in [0.2, 0.25) is 0 Å². The third kappa shape index (κ3) is 18.1. The van der Waals surface area contributed by atoms with E-state index in [1.54, 1.807) is 0 Å². The van der Waals surface area contributed by atoms with Crippen LogP contribution < -0.4 is 0 Å². The number of ether oxygens (including phenoxy) is 12. The Labute approximate surface area is 494 Å². The minimum atomic E-state index is -0.998. The molecule has 15 atom stereocenters. The van der Waals surface area contributed by atoms with Crippen LogP contribution in [0, 0.1) is 23.7 Å². The second-order valence-corrected chi connectivity index (χ2v) is 22.1. The molecule has 6 aromatic rings. The van der Waals surface area contributed by atoms with Gasteiger partial charge in [-0.05, 0) is 45.3 Å². The van der Waals surface area contributed by atoms with Crippen LogP contribution in [0.3, 0.4) is 0 Å². The molecular weight excluding hydrogens is 1070 g/mol. The van der Waals surface area contributed by atoms with Crippen molar-refractivity contribution in [3.05, 3.63) is 226 Å². The maximum absolute atomic E-state index is 13.0. The van der Waals surface area contributed by atoms with E-state index in [9.17, 15) is 4.79 Å². The van der Waals surface area contributed by atoms with Crippen LogP contribution in [0.15, 0.2) is 187 Å². The van der Waals surface area contributed by atoms with E-state index < -0.39 is 73.4 Å². The number of nitrogens with zero attached hydrogens (tertiary/aromatic N) is 3. The van der Waals surface area contributed by atoms with Crippen molar-refractivity contribution in [2.45, 2.75) is 141 Å². The Morgan fingerprint density at radius 1 is 0.464 bits per heavy atom. The van der Waals surface area contributed by atoms with Crippen LogP contribution in [0.25, 0.3) is 10.4 Å². The number of benzene rings is 6. The van der Waals surface area contributed by atoms with Crippen molar-refractivity contribution in [3.63, 3.8) is 0 Å². The smallest absolute Gasteiger partial charge is 0.302 e. The Morgan fingerprint density at radius 3 is 1.26 bits per heavy atom. The van der Waals surface area contributed by atoms with E-state index in [2.05, 4.69) is 30.8 Å². The maximum Gasteiger partial charge on any atom is 0.302 e. The van der Waals surface area contributed by atoms with Crippen LogP contribution in [0.1, 0.15) is 67.5 Å². The van der Waals surface area contributed by atoms with Gasteiger partial charge in [-0.2, -0.15) is 0 Å². The molecule has 1 saturated carbocycles. The highest BCUT2D eigenvalue weighted by Gasteiger charge is 2.54. The van der Waals surface area contributed by atoms with Gasteiger partial charge in [0.25, 0.3) is 0 Å². The molecule has 2 saturated heterocycles. The summed E-state index contributed by atoms with van der Waals surface area (Å²) < 4.78 is 82.4. The molecule has 0 spiro atoms. The lowest BCUT2D eigenvalue weighted by atomic mass is 9.75. The normalized spacial score (nSPS) is 27.8. The van der Waals surface area contributed by atoms with Crippen LogP contribution in [0.2, 0.25) is 0 Å². The quantitative estimate of drug-likeness (QED) is 0.0137. The number of rotatable bonds is 30. The summed E-state index contributed by atoms with van der Waals surface area (Å²) >= 11 is 0. The number of esters is 1. The molecule has 6 unspecified atom stereocenters. The van der Waals surface area contributed by atoms with Crippen molar-refractivity contribution < 1.29 is 61.6 Å². The second kappa shape index (κ2) is 32.8. The second-order valence-electron chi connectivity index (χ2n) is 22.1. The van der Waals surface area contributed by atoms with Gasteiger partial charge in [0, 0.05) is 42.1 Å². The first-order chi connectivity index (χ1) is 41.2. The zero-order chi connectivity index (χ0) is 58.3. The highest BCUT2D eigenvalue weighted by molar-refractivity contribution is 5.66. The average Bonchev–Trinajstić information content (AvgIpc) is 3.69. The molecule has 3 fully saturated rings. The van der Waals surface area contributed by atoms with E-state index in [1.807, 2.05) is 182 Å². The highest BCUT2D eigenvalue weighted by atomic mass is 16.7. The average molecular weight is 1150 g/mol. The number of carbonyl (C=O) groups excluding carboxylic acids is 1. The van der Waals surface area contributed by atoms with Crippen molar-refractivity contribution in [1.29, 1.82) is 0 Å². The predicted octanol–water partition coefficient (Wildman–Crippen LogP) is 12.2. The fourth-order valence-electron chi connectivity index (χ4n) is 11.6. The number of hydrogen-bond donors (Lipinski definition) is 0. The first-order valence-electron chi connectivity index (χ1n) is 29.4. The summed E-state index contributed by atoms with van der Waals surface area (Å²) in [6.07, 6.45) is -7.12. The van der Waals surface area contributed by atoms with E-state index in [1.165, 1.54) is 6.92 Å². The number of carbonyl (C=O) groups is 1. The van der Waals surface area contributed by atoms with Crippen LogP contribution in [-0.4, -0.2) is 106 Å². The van der Waals surface area contributed by atoms with Gasteiger partial charge in [0.1, 0.15) is 30.5 Å². The number of hydrogen-bond acceptors (Lipinski definition) is 14. The molecule has 6 aromatic carbocycles. The molecule has 446 valence electrons. The van der Waals surface area contributed by atoms with Gasteiger partial charge < -0.3 is 56.8 Å². The molecule has 16 heteroatoms. The molecule has 0 radical (unpaired) electrons. The zero-order valence-electron chi connectivity index (χ0n) is 48.6. The van der Waals surface area contributed by atoms with Crippen molar-refractivity contribution in [2.75, 3.05) is 33.0 Å². The van der Waals surface area contributed by atoms with Gasteiger partial charge in [0.15, 0.2) is 12.6 Å². The molecule has 0 bridgehead atoms. The van der Waals surface area contributed by atoms with Gasteiger partial charge in [-0.25, -0.2) is 0 Å². The largest absolute Gasteiger partial charge is 0.462 e. The van der Waals surface area contributed by atoms with Crippen molar-refractivity contribution in [1.82, 2.24) is 0 Å². The molecule has 9 rings (SSSR count). The molecule has 0 aromatic heterocycles. The number of azide groups is 1. The summed E-state index contributed by atoms with van der Waals surface area (Å²) in [6.45, 7) is 10.4. The fourth-order valence-corrected chi connectivity index (χ4v) is 11.6. The Bertz CT molecular complexity index is 2850. The van der Waals surface area contributed by atoms with Gasteiger partial charge >= 0.3 is 5.97 Å². The van der Waals surface area contributed by atoms with E-state index in [-0.39, 0.29) is 63.3 Å². The van der Waals surface area contributed by atoms with Crippen molar-refractivity contribution >= 4 is 5.97 Å². The third-order valence-corrected chi connectivity index (χ3v) is 15.9. The topological polar surface area (TPSA) is 177 Å². The first kappa shape index (κ1) is 62.2. The minimum absolute atomic E-state index is 0.101. The van der Waals surface area contributed by atoms with E-state index in [0.29, 0.717) is 39.5 Å². The summed E-state index contributed by atoms with van der Waals surface area (Å²) in [6, 6.07) is 60.0. The van der Waals surface area contributed by atoms with Crippen LogP contribution in [0.5, 0.6) is 0 Å². The molecule has 84 heavy (non-hydrogen) atoms. The summed E-state index contributed by atoms with van der Waals surface area (Å²) in [5, 5.41) is 3.73. The van der Waals surface area contributed by atoms with Gasteiger partial charge in [-0.15, -0.1) is 0 Å². The Kier molecular flexibility index (Phi) is 24.3. The maximum atomic E-state index is 13.0. The first-order valence-corrected chi connectivity index (χ1v) is 29.4. The van der Waals surface area contributed by atoms with Crippen LogP contribution in [-0.2, 0) is 101 Å². The Morgan fingerprint density at radius 2 is 0.833 bits per heavy atom. The molecule has 0 amide bonds. The predicted molar refractivity (Wildman–Crippen MR) is 315 cm³/mol. The summed E-state index contributed by atoms with van der Waals surface area (Å²) in [4.78, 5) is 15.9. The highest BCUT2D eigenvalue weighted by Crippen LogP contribution is 2.42. The van der Waals surface area contributed by atoms with Crippen LogP contribution in [0.4, 0.5) is 0 Å². The summed E-state index contributed by atoms with van der Waals surface area (Å²) in [5.41, 5.74) is 15.1. The monoisotopic (exact) mass is 1150 g/mol. The summed E-state index contributed by atoms with van der Waals surface area (Å²) in [5.74, 6) is -1.71. The Hall–Kier alpha value is -6.34. The molecule has 2 aliphatic heterocycles. The van der Waals surface area contributed by atoms with Gasteiger partial charge in [-0.3, -0.25) is 4.79 Å². The van der Waals surface area contributed by atoms with Crippen molar-refractivity contribution in [2.24, 2.45) is 28.8 Å². The van der Waals surface area contributed by atoms with E-state index in [0.717, 1.165) is 33.4 Å². The molecule has 1 aliphatic carbocycles. The fraction of sp³-hybridized carbons (Fsp3) is 0.456. The molecule has 2 heterocycles. The zero-order valence-corrected chi connectivity index (χ0v) is 48.6. The van der Waals surface area contributed by atoms with Gasteiger partial charge in [-0.1, -0.05) is 208 Å². The standard InChI is InChI=1S/C68H81N3O13/c1-47-61(80-50(4)72)57(44-73-38-51-23-11-5-12-24-51)37-58(62(47)77-41-54-29-17-8-18-30-54)81-63-48(2)66(79-43-56-33-21-10-22-34-56)68(83-59(63)45-74-39-52-25-13-6-14-26-52)84-64-49(3)65(78-42-55-31-19-9-20-32-55)67(76-36-35-70-71-69)82-60(64)46-75-40-53-27-15-7-16-28-53/h5-34,47-49,57-68H,35-46H2,1-4H3/t47-,48-,49?,57?,58-,59?,60-,61+,62?,63+,64-,65?,66?,67+,68-/m0/s1. The molecule has 3 aliphatic rings. The molecule has 0 N–H and O–H groups in total. The Balaban J connectivity index is 1.06. The minimum Gasteiger partial charge on any atom is -0.462 e. The lowest BCUT2D eigenvalue weighted by Gasteiger charge is -2.51. The van der Waals surface area contributed by atoms with Crippen LogP contribution >= 0.6 is 0 Å². The van der Waals surface area contributed by atoms with E-state index >= 15 is 0 Å². The lowest BCUT2D eigenvalue weighted by Crippen LogP contribution is -2.63. The molecule has 16 nitrogen and oxygen atoms in total. The summed E-state index contributed by atoms with van der Waals surface area (Å²) in [7, 11) is 0. The van der Waals surface area contributed by atoms with Gasteiger partial charge in [0.05, 0.1) is 90.5 Å². The molecular formula is C68H81N3O13. The van der Waals surface area contributed by atoms with Crippen molar-refractivity contribution in [3.8, 4) is 0 Å². The lowest BCUT2D eigenvalue weighted by molar-refractivity contribution is -0.362.